The summed E-state index contributed by atoms with van der Waals surface area (Å²) in [4.78, 5) is 12.1. The van der Waals surface area contributed by atoms with Crippen LogP contribution in [-0.2, 0) is 6.42 Å². The van der Waals surface area contributed by atoms with Crippen molar-refractivity contribution < 1.29 is 19.4 Å². The number of Topliss-reactive ketones (excluding diaryl/α,β-unsaturated/α-hetero) is 1. The fraction of sp³-hybridized carbons (Fsp3) is 0.462. The Kier molecular flexibility index (Phi) is 2.83. The van der Waals surface area contributed by atoms with E-state index in [1.54, 1.807) is 26.2 Å². The van der Waals surface area contributed by atoms with Gasteiger partial charge in [-0.3, -0.25) is 4.79 Å². The minimum Gasteiger partial charge on any atom is -0.496 e. The van der Waals surface area contributed by atoms with Crippen LogP contribution in [-0.4, -0.2) is 30.7 Å². The maximum atomic E-state index is 12.1. The third kappa shape index (κ3) is 2.00. The normalized spacial score (nSPS) is 23.2. The molecule has 0 saturated heterocycles. The Morgan fingerprint density at radius 3 is 2.35 bits per heavy atom. The summed E-state index contributed by atoms with van der Waals surface area (Å²) in [5, 5.41) is 10.1. The van der Waals surface area contributed by atoms with Crippen molar-refractivity contribution in [2.45, 2.75) is 25.4 Å². The summed E-state index contributed by atoms with van der Waals surface area (Å²) in [6.45, 7) is 1.66. The summed E-state index contributed by atoms with van der Waals surface area (Å²) < 4.78 is 10.4. The smallest absolute Gasteiger partial charge is 0.169 e. The topological polar surface area (TPSA) is 55.8 Å². The van der Waals surface area contributed by atoms with Gasteiger partial charge in [0.1, 0.15) is 11.5 Å². The summed E-state index contributed by atoms with van der Waals surface area (Å²) in [7, 11) is 3.08. The van der Waals surface area contributed by atoms with Crippen molar-refractivity contribution in [3.63, 3.8) is 0 Å². The number of benzene rings is 1. The molecule has 1 aliphatic rings. The zero-order chi connectivity index (χ0) is 12.6. The highest BCUT2D eigenvalue weighted by Gasteiger charge is 2.36. The van der Waals surface area contributed by atoms with E-state index in [0.717, 1.165) is 5.56 Å². The molecule has 0 bridgehead atoms. The van der Waals surface area contributed by atoms with Gasteiger partial charge in [0.15, 0.2) is 5.78 Å². The van der Waals surface area contributed by atoms with Crippen LogP contribution < -0.4 is 9.47 Å². The molecule has 1 aromatic carbocycles. The number of fused-ring (bicyclic) bond motifs is 1. The quantitative estimate of drug-likeness (QED) is 0.847. The molecule has 0 spiro atoms. The molecule has 1 aliphatic carbocycles. The second-order valence-corrected chi connectivity index (χ2v) is 4.60. The van der Waals surface area contributed by atoms with Gasteiger partial charge in [-0.15, -0.1) is 0 Å². The van der Waals surface area contributed by atoms with Crippen LogP contribution in [0.15, 0.2) is 12.1 Å². The molecule has 4 nitrogen and oxygen atoms in total. The van der Waals surface area contributed by atoms with E-state index in [2.05, 4.69) is 0 Å². The molecule has 2 rings (SSSR count). The van der Waals surface area contributed by atoms with Crippen molar-refractivity contribution in [3.05, 3.63) is 23.3 Å². The largest absolute Gasteiger partial charge is 0.496 e. The molecule has 1 atom stereocenters. The van der Waals surface area contributed by atoms with Crippen molar-refractivity contribution in [2.24, 2.45) is 0 Å². The average molecular weight is 236 g/mol. The number of hydrogen-bond acceptors (Lipinski definition) is 4. The molecule has 0 fully saturated rings. The number of carbonyl (C=O) groups excluding carboxylic acids is 1. The van der Waals surface area contributed by atoms with E-state index in [1.807, 2.05) is 0 Å². The van der Waals surface area contributed by atoms with E-state index in [4.69, 9.17) is 9.47 Å². The number of aliphatic hydroxyl groups is 1. The zero-order valence-electron chi connectivity index (χ0n) is 10.2. The third-order valence-electron chi connectivity index (χ3n) is 3.05. The van der Waals surface area contributed by atoms with Gasteiger partial charge in [-0.05, 0) is 19.1 Å². The Morgan fingerprint density at radius 2 is 1.76 bits per heavy atom. The van der Waals surface area contributed by atoms with Gasteiger partial charge in [-0.1, -0.05) is 0 Å². The molecule has 0 heterocycles. The first-order valence-electron chi connectivity index (χ1n) is 5.48. The van der Waals surface area contributed by atoms with Crippen LogP contribution in [0, 0.1) is 0 Å². The summed E-state index contributed by atoms with van der Waals surface area (Å²) >= 11 is 0. The van der Waals surface area contributed by atoms with Crippen molar-refractivity contribution >= 4 is 5.78 Å². The van der Waals surface area contributed by atoms with Crippen molar-refractivity contribution in [1.82, 2.24) is 0 Å². The molecule has 4 heteroatoms. The fourth-order valence-corrected chi connectivity index (χ4v) is 2.33. The fourth-order valence-electron chi connectivity index (χ4n) is 2.33. The predicted octanol–water partition coefficient (Wildman–Crippen LogP) is 1.58. The van der Waals surface area contributed by atoms with Gasteiger partial charge in [-0.2, -0.15) is 0 Å². The Hall–Kier alpha value is -1.55. The van der Waals surface area contributed by atoms with Crippen LogP contribution in [0.1, 0.15) is 29.3 Å². The highest BCUT2D eigenvalue weighted by Crippen LogP contribution is 2.39. The van der Waals surface area contributed by atoms with Gasteiger partial charge >= 0.3 is 0 Å². The van der Waals surface area contributed by atoms with Gasteiger partial charge < -0.3 is 14.6 Å². The summed E-state index contributed by atoms with van der Waals surface area (Å²) in [6, 6.07) is 3.47. The van der Waals surface area contributed by atoms with Crippen LogP contribution in [0.5, 0.6) is 11.5 Å². The molecular weight excluding hydrogens is 220 g/mol. The zero-order valence-corrected chi connectivity index (χ0v) is 10.2. The van der Waals surface area contributed by atoms with Crippen molar-refractivity contribution in [2.75, 3.05) is 14.2 Å². The second-order valence-electron chi connectivity index (χ2n) is 4.60. The highest BCUT2D eigenvalue weighted by atomic mass is 16.5. The Balaban J connectivity index is 2.63. The van der Waals surface area contributed by atoms with Crippen LogP contribution in [0.2, 0.25) is 0 Å². The number of carbonyl (C=O) groups is 1. The Morgan fingerprint density at radius 1 is 1.18 bits per heavy atom. The molecule has 1 N–H and O–H groups in total. The molecule has 1 aromatic rings. The minimum absolute atomic E-state index is 0.105. The molecular formula is C13H16O4. The highest BCUT2D eigenvalue weighted by molar-refractivity contribution is 6.02. The number of ether oxygens (including phenoxy) is 2. The van der Waals surface area contributed by atoms with E-state index in [-0.39, 0.29) is 12.2 Å². The molecule has 92 valence electrons. The lowest BCUT2D eigenvalue weighted by atomic mass is 9.80. The Labute approximate surface area is 100 Å². The van der Waals surface area contributed by atoms with Crippen LogP contribution in [0.4, 0.5) is 0 Å². The first kappa shape index (κ1) is 11.9. The average Bonchev–Trinajstić information content (AvgIpc) is 2.25. The van der Waals surface area contributed by atoms with E-state index in [9.17, 15) is 9.90 Å². The van der Waals surface area contributed by atoms with Gasteiger partial charge in [-0.25, -0.2) is 0 Å². The molecule has 0 aliphatic heterocycles. The number of hydrogen-bond donors (Lipinski definition) is 1. The van der Waals surface area contributed by atoms with E-state index < -0.39 is 5.60 Å². The summed E-state index contributed by atoms with van der Waals surface area (Å²) in [5.41, 5.74) is 0.260. The summed E-state index contributed by atoms with van der Waals surface area (Å²) in [5.74, 6) is 1.06. The molecule has 0 amide bonds. The summed E-state index contributed by atoms with van der Waals surface area (Å²) in [6.07, 6.45) is 0.512. The first-order chi connectivity index (χ1) is 7.98. The van der Waals surface area contributed by atoms with Crippen molar-refractivity contribution in [3.8, 4) is 11.5 Å². The number of rotatable bonds is 2. The standard InChI is InChI=1S/C13H16O4/c1-13(15)6-8-10(16-2)4-5-11(17-3)12(8)9(14)7-13/h4-5,15H,6-7H2,1-3H3/t13-/m0/s1. The maximum Gasteiger partial charge on any atom is 0.169 e. The van der Waals surface area contributed by atoms with Crippen LogP contribution in [0.25, 0.3) is 0 Å². The molecule has 17 heavy (non-hydrogen) atoms. The maximum absolute atomic E-state index is 12.1. The SMILES string of the molecule is COc1ccc(OC)c2c1C[C@](C)(O)CC2=O. The van der Waals surface area contributed by atoms with Gasteiger partial charge in [0.25, 0.3) is 0 Å². The third-order valence-corrected chi connectivity index (χ3v) is 3.05. The van der Waals surface area contributed by atoms with Crippen LogP contribution in [0.3, 0.4) is 0 Å². The molecule has 0 saturated carbocycles. The lowest BCUT2D eigenvalue weighted by Crippen LogP contribution is -2.36. The number of ketones is 1. The second kappa shape index (κ2) is 4.04. The van der Waals surface area contributed by atoms with Gasteiger partial charge in [0.05, 0.1) is 25.4 Å². The van der Waals surface area contributed by atoms with Gasteiger partial charge in [0.2, 0.25) is 0 Å². The van der Waals surface area contributed by atoms with Crippen LogP contribution >= 0.6 is 0 Å². The van der Waals surface area contributed by atoms with E-state index >= 15 is 0 Å². The van der Waals surface area contributed by atoms with Gasteiger partial charge in [0, 0.05) is 18.4 Å². The minimum atomic E-state index is -1.01. The molecule has 0 unspecified atom stereocenters. The predicted molar refractivity (Wildman–Crippen MR) is 62.8 cm³/mol. The molecule has 0 radical (unpaired) electrons. The lowest BCUT2D eigenvalue weighted by Gasteiger charge is -2.30. The van der Waals surface area contributed by atoms with E-state index in [0.29, 0.717) is 23.5 Å². The van der Waals surface area contributed by atoms with E-state index in [1.165, 1.54) is 7.11 Å². The Bertz CT molecular complexity index is 463. The number of methoxy groups -OCH3 is 2. The monoisotopic (exact) mass is 236 g/mol. The molecule has 0 aromatic heterocycles. The lowest BCUT2D eigenvalue weighted by molar-refractivity contribution is 0.0402. The first-order valence-corrected chi connectivity index (χ1v) is 5.48. The van der Waals surface area contributed by atoms with Crippen molar-refractivity contribution in [1.29, 1.82) is 0 Å².